The first-order valence-corrected chi connectivity index (χ1v) is 12.5. The van der Waals surface area contributed by atoms with Gasteiger partial charge in [-0.25, -0.2) is 4.79 Å². The van der Waals surface area contributed by atoms with Gasteiger partial charge in [0.15, 0.2) is 0 Å². The molecule has 2 N–H and O–H groups in total. The Kier molecular flexibility index (Phi) is 6.42. The van der Waals surface area contributed by atoms with Gasteiger partial charge in [-0.05, 0) is 35.4 Å². The van der Waals surface area contributed by atoms with Crippen LogP contribution in [0.5, 0.6) is 0 Å². The van der Waals surface area contributed by atoms with Crippen molar-refractivity contribution in [3.05, 3.63) is 75.8 Å². The van der Waals surface area contributed by atoms with E-state index in [1.54, 1.807) is 36.5 Å². The Hall–Kier alpha value is -3.47. The van der Waals surface area contributed by atoms with E-state index in [9.17, 15) is 24.3 Å². The standard InChI is InChI=1S/C25H18ClN3O5S2/c26-15-7-5-13(6-8-15)9-20-23(32)29(25(35)36-20)18-11-21(30)28(22(18)31)19(24(33)34)10-14-12-27-17-4-2-1-3-16(14)17/h1-9,12,18-19,27H,10-11H2,(H,33,34)/b20-9-/t18-,19-/m1/s1. The van der Waals surface area contributed by atoms with E-state index in [0.29, 0.717) is 15.5 Å². The fourth-order valence-corrected chi connectivity index (χ4v) is 5.90. The molecule has 11 heteroatoms. The maximum Gasteiger partial charge on any atom is 0.327 e. The number of thiocarbonyl (C=S) groups is 1. The predicted molar refractivity (Wildman–Crippen MR) is 140 cm³/mol. The van der Waals surface area contributed by atoms with Gasteiger partial charge in [0.1, 0.15) is 16.4 Å². The lowest BCUT2D eigenvalue weighted by Crippen LogP contribution is -2.50. The van der Waals surface area contributed by atoms with Crippen LogP contribution in [-0.4, -0.2) is 60.0 Å². The summed E-state index contributed by atoms with van der Waals surface area (Å²) in [7, 11) is 0. The number of thioether (sulfide) groups is 1. The van der Waals surface area contributed by atoms with Crippen molar-refractivity contribution >= 4 is 80.6 Å². The summed E-state index contributed by atoms with van der Waals surface area (Å²) in [6.07, 6.45) is 2.90. The Labute approximate surface area is 219 Å². The number of imide groups is 1. The van der Waals surface area contributed by atoms with Gasteiger partial charge in [0.25, 0.3) is 11.8 Å². The fraction of sp³-hybridized carbons (Fsp3) is 0.160. The van der Waals surface area contributed by atoms with Crippen LogP contribution in [0.25, 0.3) is 17.0 Å². The lowest BCUT2D eigenvalue weighted by molar-refractivity contribution is -0.154. The summed E-state index contributed by atoms with van der Waals surface area (Å²) in [6, 6.07) is 11.6. The SMILES string of the molecule is O=C(O)[C@@H](Cc1c[nH]c2ccccc12)N1C(=O)C[C@@H](N2C(=O)/C(=C/c3ccc(Cl)cc3)SC2=S)C1=O. The fourth-order valence-electron chi connectivity index (χ4n) is 4.42. The van der Waals surface area contributed by atoms with E-state index in [-0.39, 0.29) is 17.2 Å². The monoisotopic (exact) mass is 539 g/mol. The number of benzene rings is 2. The Morgan fingerprint density at radius 1 is 1.19 bits per heavy atom. The molecule has 0 spiro atoms. The number of aromatic nitrogens is 1. The number of hydrogen-bond acceptors (Lipinski definition) is 6. The smallest absolute Gasteiger partial charge is 0.327 e. The molecule has 2 aliphatic heterocycles. The van der Waals surface area contributed by atoms with Gasteiger partial charge in [0.05, 0.1) is 11.3 Å². The number of H-pyrrole nitrogens is 1. The van der Waals surface area contributed by atoms with E-state index >= 15 is 0 Å². The van der Waals surface area contributed by atoms with E-state index in [1.807, 2.05) is 24.3 Å². The first-order chi connectivity index (χ1) is 17.2. The molecule has 2 saturated heterocycles. The van der Waals surface area contributed by atoms with Crippen LogP contribution in [0, 0.1) is 0 Å². The summed E-state index contributed by atoms with van der Waals surface area (Å²) in [6.45, 7) is 0. The van der Waals surface area contributed by atoms with Crippen LogP contribution in [0.15, 0.2) is 59.6 Å². The topological polar surface area (TPSA) is 111 Å². The number of carbonyl (C=O) groups excluding carboxylic acids is 3. The molecule has 3 amide bonds. The van der Waals surface area contributed by atoms with E-state index in [2.05, 4.69) is 4.98 Å². The zero-order valence-electron chi connectivity index (χ0n) is 18.5. The molecule has 182 valence electrons. The van der Waals surface area contributed by atoms with Crippen molar-refractivity contribution in [2.75, 3.05) is 0 Å². The van der Waals surface area contributed by atoms with Crippen molar-refractivity contribution in [1.29, 1.82) is 0 Å². The van der Waals surface area contributed by atoms with Crippen molar-refractivity contribution < 1.29 is 24.3 Å². The number of carboxylic acids is 1. The highest BCUT2D eigenvalue weighted by Crippen LogP contribution is 2.37. The summed E-state index contributed by atoms with van der Waals surface area (Å²) in [5.41, 5.74) is 2.21. The molecular formula is C25H18ClN3O5S2. The molecule has 0 saturated carbocycles. The van der Waals surface area contributed by atoms with E-state index in [4.69, 9.17) is 23.8 Å². The second-order valence-corrected chi connectivity index (χ2v) is 10.5. The Balaban J connectivity index is 1.40. The van der Waals surface area contributed by atoms with Crippen LogP contribution >= 0.6 is 35.6 Å². The number of amides is 3. The third kappa shape index (κ3) is 4.32. The zero-order valence-corrected chi connectivity index (χ0v) is 20.9. The molecule has 2 aromatic carbocycles. The minimum Gasteiger partial charge on any atom is -0.480 e. The Bertz CT molecular complexity index is 1470. The number of likely N-dealkylation sites (tertiary alicyclic amines) is 1. The van der Waals surface area contributed by atoms with Crippen molar-refractivity contribution in [2.45, 2.75) is 24.9 Å². The van der Waals surface area contributed by atoms with E-state index in [0.717, 1.165) is 38.0 Å². The molecule has 0 aliphatic carbocycles. The number of nitrogens with one attached hydrogen (secondary N) is 1. The number of para-hydroxylation sites is 1. The highest BCUT2D eigenvalue weighted by atomic mass is 35.5. The number of carbonyl (C=O) groups is 4. The quantitative estimate of drug-likeness (QED) is 0.278. The minimum absolute atomic E-state index is 0.0710. The van der Waals surface area contributed by atoms with Crippen LogP contribution in [0.3, 0.4) is 0 Å². The summed E-state index contributed by atoms with van der Waals surface area (Å²) < 4.78 is 0.136. The van der Waals surface area contributed by atoms with Gasteiger partial charge < -0.3 is 10.1 Å². The number of aromatic amines is 1. The van der Waals surface area contributed by atoms with Gasteiger partial charge in [0, 0.05) is 28.5 Å². The normalized spacial score (nSPS) is 20.2. The highest BCUT2D eigenvalue weighted by molar-refractivity contribution is 8.26. The molecule has 3 heterocycles. The molecule has 0 radical (unpaired) electrons. The summed E-state index contributed by atoms with van der Waals surface area (Å²) in [5.74, 6) is -3.23. The van der Waals surface area contributed by atoms with Gasteiger partial charge in [-0.3, -0.25) is 24.2 Å². The third-order valence-electron chi connectivity index (χ3n) is 6.15. The maximum atomic E-state index is 13.4. The van der Waals surface area contributed by atoms with Gasteiger partial charge >= 0.3 is 5.97 Å². The highest BCUT2D eigenvalue weighted by Gasteiger charge is 2.51. The van der Waals surface area contributed by atoms with Crippen LogP contribution in [0.1, 0.15) is 17.5 Å². The van der Waals surface area contributed by atoms with Crippen LogP contribution in [-0.2, 0) is 25.6 Å². The Morgan fingerprint density at radius 3 is 2.64 bits per heavy atom. The molecule has 1 aromatic heterocycles. The molecule has 3 aromatic rings. The van der Waals surface area contributed by atoms with Gasteiger partial charge in [0.2, 0.25) is 5.91 Å². The predicted octanol–water partition coefficient (Wildman–Crippen LogP) is 3.85. The van der Waals surface area contributed by atoms with Crippen LogP contribution < -0.4 is 0 Å². The maximum absolute atomic E-state index is 13.4. The average molecular weight is 540 g/mol. The number of fused-ring (bicyclic) bond motifs is 1. The zero-order chi connectivity index (χ0) is 25.6. The number of carboxylic acid groups (broad SMARTS) is 1. The van der Waals surface area contributed by atoms with E-state index in [1.165, 1.54) is 0 Å². The van der Waals surface area contributed by atoms with Crippen molar-refractivity contribution in [2.24, 2.45) is 0 Å². The van der Waals surface area contributed by atoms with Crippen LogP contribution in [0.4, 0.5) is 0 Å². The summed E-state index contributed by atoms with van der Waals surface area (Å²) in [5, 5.41) is 11.3. The molecule has 5 rings (SSSR count). The summed E-state index contributed by atoms with van der Waals surface area (Å²) >= 11 is 12.3. The van der Waals surface area contributed by atoms with Crippen molar-refractivity contribution in [3.63, 3.8) is 0 Å². The lowest BCUT2D eigenvalue weighted by Gasteiger charge is -2.25. The largest absolute Gasteiger partial charge is 0.480 e. The van der Waals surface area contributed by atoms with E-state index < -0.39 is 35.8 Å². The second kappa shape index (κ2) is 9.53. The Morgan fingerprint density at radius 2 is 1.92 bits per heavy atom. The number of nitrogens with zero attached hydrogens (tertiary/aromatic N) is 2. The first-order valence-electron chi connectivity index (χ1n) is 10.9. The van der Waals surface area contributed by atoms with Crippen LogP contribution in [0.2, 0.25) is 5.02 Å². The molecule has 2 atom stereocenters. The summed E-state index contributed by atoms with van der Waals surface area (Å²) in [4.78, 5) is 56.9. The molecule has 2 aliphatic rings. The lowest BCUT2D eigenvalue weighted by atomic mass is 10.0. The molecule has 0 bridgehead atoms. The first kappa shape index (κ1) is 24.2. The van der Waals surface area contributed by atoms with Gasteiger partial charge in [-0.2, -0.15) is 0 Å². The number of aliphatic carboxylic acids is 1. The molecule has 2 fully saturated rings. The van der Waals surface area contributed by atoms with Crippen molar-refractivity contribution in [1.82, 2.24) is 14.8 Å². The molecule has 0 unspecified atom stereocenters. The second-order valence-electron chi connectivity index (χ2n) is 8.34. The third-order valence-corrected chi connectivity index (χ3v) is 7.73. The number of halogens is 1. The van der Waals surface area contributed by atoms with Crippen molar-refractivity contribution in [3.8, 4) is 0 Å². The molecular weight excluding hydrogens is 522 g/mol. The molecule has 8 nitrogen and oxygen atoms in total. The van der Waals surface area contributed by atoms with Gasteiger partial charge in [-0.15, -0.1) is 0 Å². The molecule has 36 heavy (non-hydrogen) atoms. The number of rotatable bonds is 6. The minimum atomic E-state index is -1.42. The average Bonchev–Trinajstić information content (AvgIpc) is 3.47. The number of hydrogen-bond donors (Lipinski definition) is 2. The van der Waals surface area contributed by atoms with Gasteiger partial charge in [-0.1, -0.05) is 65.9 Å².